The summed E-state index contributed by atoms with van der Waals surface area (Å²) in [6, 6.07) is 4.88. The van der Waals surface area contributed by atoms with Gasteiger partial charge in [-0.15, -0.1) is 5.10 Å². The quantitative estimate of drug-likeness (QED) is 0.773. The second-order valence-corrected chi connectivity index (χ2v) is 4.21. The molecule has 0 aliphatic carbocycles. The largest absolute Gasteiger partial charge is 0.482 e. The molecule has 110 valence electrons. The number of nitrogens with zero attached hydrogens (tertiary/aromatic N) is 4. The third-order valence-electron chi connectivity index (χ3n) is 2.53. The number of tetrazole rings is 1. The molecule has 0 unspecified atom stereocenters. The van der Waals surface area contributed by atoms with Gasteiger partial charge in [-0.25, -0.2) is 9.48 Å². The molecule has 1 heterocycles. The molecule has 0 aliphatic rings. The number of anilines is 1. The van der Waals surface area contributed by atoms with Crippen LogP contribution in [0.3, 0.4) is 0 Å². The molecule has 9 nitrogen and oxygen atoms in total. The van der Waals surface area contributed by atoms with Crippen molar-refractivity contribution in [2.45, 2.75) is 13.5 Å². The number of hydrogen-bond acceptors (Lipinski definition) is 6. The highest BCUT2D eigenvalue weighted by molar-refractivity contribution is 5.91. The fraction of sp³-hybridized carbons (Fsp3) is 0.250. The molecule has 2 rings (SSSR count). The van der Waals surface area contributed by atoms with E-state index in [-0.39, 0.29) is 12.5 Å². The van der Waals surface area contributed by atoms with Crippen LogP contribution in [0.4, 0.5) is 5.69 Å². The molecule has 0 fully saturated rings. The fourth-order valence-corrected chi connectivity index (χ4v) is 1.60. The molecule has 2 aromatic rings. The molecule has 2 N–H and O–H groups in total. The number of carbonyl (C=O) groups is 2. The lowest BCUT2D eigenvalue weighted by atomic mass is 10.2. The highest BCUT2D eigenvalue weighted by atomic mass is 16.5. The number of nitrogens with one attached hydrogen (secondary N) is 1. The highest BCUT2D eigenvalue weighted by Gasteiger charge is 2.08. The van der Waals surface area contributed by atoms with Crippen molar-refractivity contribution in [3.8, 4) is 5.75 Å². The number of ether oxygens (including phenoxy) is 1. The van der Waals surface area contributed by atoms with E-state index in [1.165, 1.54) is 11.0 Å². The van der Waals surface area contributed by atoms with Crippen molar-refractivity contribution in [3.63, 3.8) is 0 Å². The third kappa shape index (κ3) is 4.27. The lowest BCUT2D eigenvalue weighted by Crippen LogP contribution is -2.19. The van der Waals surface area contributed by atoms with Gasteiger partial charge in [0.25, 0.3) is 0 Å². The van der Waals surface area contributed by atoms with Crippen LogP contribution in [0.1, 0.15) is 5.56 Å². The zero-order valence-corrected chi connectivity index (χ0v) is 11.2. The number of amides is 1. The zero-order chi connectivity index (χ0) is 15.2. The maximum Gasteiger partial charge on any atom is 0.341 e. The number of carboxylic acids is 1. The second-order valence-electron chi connectivity index (χ2n) is 4.21. The standard InChI is InChI=1S/C12H13N5O4/c1-8-4-9(21-6-12(19)20)2-3-10(8)14-11(18)5-17-7-13-15-16-17/h2-4,7H,5-6H2,1H3,(H,14,18)(H,19,20). The number of benzene rings is 1. The summed E-state index contributed by atoms with van der Waals surface area (Å²) in [7, 11) is 0. The predicted octanol–water partition coefficient (Wildman–Crippen LogP) is 0.0836. The Morgan fingerprint density at radius 1 is 1.43 bits per heavy atom. The van der Waals surface area contributed by atoms with E-state index < -0.39 is 12.6 Å². The number of rotatable bonds is 6. The molecular formula is C12H13N5O4. The van der Waals surface area contributed by atoms with Crippen LogP contribution in [0.2, 0.25) is 0 Å². The van der Waals surface area contributed by atoms with Crippen LogP contribution in [0.25, 0.3) is 0 Å². The highest BCUT2D eigenvalue weighted by Crippen LogP contribution is 2.21. The lowest BCUT2D eigenvalue weighted by Gasteiger charge is -2.10. The van der Waals surface area contributed by atoms with Crippen molar-refractivity contribution in [1.82, 2.24) is 20.2 Å². The van der Waals surface area contributed by atoms with E-state index in [9.17, 15) is 9.59 Å². The van der Waals surface area contributed by atoms with Crippen molar-refractivity contribution in [3.05, 3.63) is 30.1 Å². The van der Waals surface area contributed by atoms with Crippen LogP contribution in [-0.4, -0.2) is 43.8 Å². The Morgan fingerprint density at radius 2 is 2.24 bits per heavy atom. The van der Waals surface area contributed by atoms with Gasteiger partial charge in [0.1, 0.15) is 18.6 Å². The Balaban J connectivity index is 1.97. The molecule has 9 heteroatoms. The van der Waals surface area contributed by atoms with E-state index >= 15 is 0 Å². The number of carbonyl (C=O) groups excluding carboxylic acids is 1. The molecule has 1 aromatic heterocycles. The van der Waals surface area contributed by atoms with Crippen molar-refractivity contribution in [2.75, 3.05) is 11.9 Å². The summed E-state index contributed by atoms with van der Waals surface area (Å²) in [5.74, 6) is -0.899. The lowest BCUT2D eigenvalue weighted by molar-refractivity contribution is -0.139. The molecule has 0 saturated carbocycles. The second kappa shape index (κ2) is 6.46. The monoisotopic (exact) mass is 291 g/mol. The molecule has 1 amide bonds. The van der Waals surface area contributed by atoms with Gasteiger partial charge in [0.05, 0.1) is 0 Å². The summed E-state index contributed by atoms with van der Waals surface area (Å²) in [4.78, 5) is 22.2. The van der Waals surface area contributed by atoms with E-state index in [1.54, 1.807) is 25.1 Å². The molecule has 21 heavy (non-hydrogen) atoms. The van der Waals surface area contributed by atoms with Crippen molar-refractivity contribution < 1.29 is 19.4 Å². The van der Waals surface area contributed by atoms with E-state index in [4.69, 9.17) is 9.84 Å². The summed E-state index contributed by atoms with van der Waals surface area (Å²) in [5, 5.41) is 21.7. The first kappa shape index (κ1) is 14.4. The van der Waals surface area contributed by atoms with Crippen LogP contribution in [0, 0.1) is 6.92 Å². The first-order valence-corrected chi connectivity index (χ1v) is 6.00. The zero-order valence-electron chi connectivity index (χ0n) is 11.2. The summed E-state index contributed by atoms with van der Waals surface area (Å²) in [6.45, 7) is 1.37. The van der Waals surface area contributed by atoms with Crippen LogP contribution < -0.4 is 10.1 Å². The van der Waals surface area contributed by atoms with Gasteiger partial charge in [-0.3, -0.25) is 4.79 Å². The minimum absolute atomic E-state index is 0.00368. The average Bonchev–Trinajstić information content (AvgIpc) is 2.92. The minimum atomic E-state index is -1.05. The van der Waals surface area contributed by atoms with Gasteiger partial charge < -0.3 is 15.2 Å². The smallest absolute Gasteiger partial charge is 0.341 e. The van der Waals surface area contributed by atoms with E-state index in [0.29, 0.717) is 11.4 Å². The summed E-state index contributed by atoms with van der Waals surface area (Å²) < 4.78 is 6.35. The summed E-state index contributed by atoms with van der Waals surface area (Å²) in [6.07, 6.45) is 1.34. The molecular weight excluding hydrogens is 278 g/mol. The SMILES string of the molecule is Cc1cc(OCC(=O)O)ccc1NC(=O)Cn1cnnn1. The van der Waals surface area contributed by atoms with Gasteiger partial charge in [-0.1, -0.05) is 0 Å². The summed E-state index contributed by atoms with van der Waals surface area (Å²) in [5.41, 5.74) is 1.36. The van der Waals surface area contributed by atoms with Gasteiger partial charge >= 0.3 is 5.97 Å². The molecule has 0 atom stereocenters. The number of carboxylic acid groups (broad SMARTS) is 1. The number of aryl methyl sites for hydroxylation is 1. The normalized spacial score (nSPS) is 10.1. The van der Waals surface area contributed by atoms with Crippen molar-refractivity contribution in [1.29, 1.82) is 0 Å². The average molecular weight is 291 g/mol. The van der Waals surface area contributed by atoms with Crippen LogP contribution in [0.15, 0.2) is 24.5 Å². The Hall–Kier alpha value is -2.97. The number of aromatic nitrogens is 4. The maximum atomic E-state index is 11.8. The van der Waals surface area contributed by atoms with Crippen LogP contribution >= 0.6 is 0 Å². The van der Waals surface area contributed by atoms with Gasteiger partial charge in [0, 0.05) is 5.69 Å². The molecule has 0 bridgehead atoms. The Labute approximate surface area is 119 Å². The first-order chi connectivity index (χ1) is 10.0. The van der Waals surface area contributed by atoms with Gasteiger partial charge in [-0.05, 0) is 41.1 Å². The molecule has 0 spiro atoms. The molecule has 1 aromatic carbocycles. The van der Waals surface area contributed by atoms with Gasteiger partial charge in [0.15, 0.2) is 6.61 Å². The summed E-state index contributed by atoms with van der Waals surface area (Å²) >= 11 is 0. The van der Waals surface area contributed by atoms with Gasteiger partial charge in [0.2, 0.25) is 5.91 Å². The minimum Gasteiger partial charge on any atom is -0.482 e. The fourth-order valence-electron chi connectivity index (χ4n) is 1.60. The molecule has 0 saturated heterocycles. The number of aliphatic carboxylic acids is 1. The van der Waals surface area contributed by atoms with Crippen LogP contribution in [0.5, 0.6) is 5.75 Å². The first-order valence-electron chi connectivity index (χ1n) is 6.00. The van der Waals surface area contributed by atoms with Crippen molar-refractivity contribution >= 4 is 17.6 Å². The van der Waals surface area contributed by atoms with Crippen LogP contribution in [-0.2, 0) is 16.1 Å². The van der Waals surface area contributed by atoms with Crippen molar-refractivity contribution in [2.24, 2.45) is 0 Å². The molecule has 0 aliphatic heterocycles. The van der Waals surface area contributed by atoms with E-state index in [0.717, 1.165) is 5.56 Å². The Kier molecular flexibility index (Phi) is 4.44. The Bertz CT molecular complexity index is 641. The maximum absolute atomic E-state index is 11.8. The molecule has 0 radical (unpaired) electrons. The van der Waals surface area contributed by atoms with E-state index in [1.807, 2.05) is 0 Å². The topological polar surface area (TPSA) is 119 Å². The van der Waals surface area contributed by atoms with Gasteiger partial charge in [-0.2, -0.15) is 0 Å². The number of hydrogen-bond donors (Lipinski definition) is 2. The predicted molar refractivity (Wildman–Crippen MR) is 70.8 cm³/mol. The van der Waals surface area contributed by atoms with E-state index in [2.05, 4.69) is 20.8 Å². The Morgan fingerprint density at radius 3 is 2.86 bits per heavy atom. The third-order valence-corrected chi connectivity index (χ3v) is 2.53.